The summed E-state index contributed by atoms with van der Waals surface area (Å²) in [7, 11) is 1.61. The Morgan fingerprint density at radius 3 is 2.63 bits per heavy atom. The SMILES string of the molecule is COc1cc2c(cc1CNC(=O)[C@H]1CCOc3ccccc3C1)OCCO2. The van der Waals surface area contributed by atoms with Gasteiger partial charge in [-0.05, 0) is 30.5 Å². The van der Waals surface area contributed by atoms with Gasteiger partial charge in [-0.3, -0.25) is 4.79 Å². The summed E-state index contributed by atoms with van der Waals surface area (Å²) < 4.78 is 22.4. The van der Waals surface area contributed by atoms with E-state index in [-0.39, 0.29) is 11.8 Å². The number of methoxy groups -OCH3 is 1. The zero-order valence-electron chi connectivity index (χ0n) is 15.3. The molecule has 0 bridgehead atoms. The van der Waals surface area contributed by atoms with Crippen LogP contribution in [-0.4, -0.2) is 32.8 Å². The van der Waals surface area contributed by atoms with Crippen LogP contribution in [0.25, 0.3) is 0 Å². The highest BCUT2D eigenvalue weighted by atomic mass is 16.6. The molecule has 0 radical (unpaired) electrons. The summed E-state index contributed by atoms with van der Waals surface area (Å²) >= 11 is 0. The molecule has 142 valence electrons. The van der Waals surface area contributed by atoms with Gasteiger partial charge in [-0.15, -0.1) is 0 Å². The van der Waals surface area contributed by atoms with Crippen molar-refractivity contribution in [2.45, 2.75) is 19.4 Å². The van der Waals surface area contributed by atoms with Crippen LogP contribution < -0.4 is 24.3 Å². The lowest BCUT2D eigenvalue weighted by molar-refractivity contribution is -0.125. The van der Waals surface area contributed by atoms with Gasteiger partial charge in [-0.25, -0.2) is 0 Å². The van der Waals surface area contributed by atoms with E-state index >= 15 is 0 Å². The number of hydrogen-bond acceptors (Lipinski definition) is 5. The molecule has 0 saturated heterocycles. The summed E-state index contributed by atoms with van der Waals surface area (Å²) in [6.45, 7) is 1.96. The smallest absolute Gasteiger partial charge is 0.223 e. The fraction of sp³-hybridized carbons (Fsp3) is 0.381. The summed E-state index contributed by atoms with van der Waals surface area (Å²) in [5, 5.41) is 3.04. The highest BCUT2D eigenvalue weighted by molar-refractivity contribution is 5.79. The Kier molecular flexibility index (Phi) is 5.05. The molecule has 1 amide bonds. The highest BCUT2D eigenvalue weighted by Crippen LogP contribution is 2.36. The minimum Gasteiger partial charge on any atom is -0.496 e. The molecule has 0 aromatic heterocycles. The summed E-state index contributed by atoms with van der Waals surface area (Å²) in [6.07, 6.45) is 1.37. The summed E-state index contributed by atoms with van der Waals surface area (Å²) in [5.74, 6) is 2.81. The molecule has 6 nitrogen and oxygen atoms in total. The van der Waals surface area contributed by atoms with E-state index in [1.807, 2.05) is 36.4 Å². The zero-order valence-corrected chi connectivity index (χ0v) is 15.3. The van der Waals surface area contributed by atoms with Crippen LogP contribution in [0.15, 0.2) is 36.4 Å². The van der Waals surface area contributed by atoms with Crippen molar-refractivity contribution in [2.75, 3.05) is 26.9 Å². The second-order valence-electron chi connectivity index (χ2n) is 6.67. The zero-order chi connectivity index (χ0) is 18.6. The van der Waals surface area contributed by atoms with E-state index in [4.69, 9.17) is 18.9 Å². The van der Waals surface area contributed by atoms with Crippen LogP contribution in [0.5, 0.6) is 23.0 Å². The summed E-state index contributed by atoms with van der Waals surface area (Å²) in [5.41, 5.74) is 1.94. The maximum absolute atomic E-state index is 12.8. The molecule has 2 heterocycles. The van der Waals surface area contributed by atoms with Crippen molar-refractivity contribution in [3.05, 3.63) is 47.5 Å². The molecule has 1 atom stereocenters. The Balaban J connectivity index is 1.45. The van der Waals surface area contributed by atoms with E-state index in [0.717, 1.165) is 16.9 Å². The summed E-state index contributed by atoms with van der Waals surface area (Å²) in [6, 6.07) is 11.6. The van der Waals surface area contributed by atoms with Gasteiger partial charge in [0.1, 0.15) is 24.7 Å². The minimum atomic E-state index is -0.114. The molecule has 2 aliphatic rings. The normalized spacial score (nSPS) is 17.9. The van der Waals surface area contributed by atoms with E-state index in [9.17, 15) is 4.79 Å². The third-order valence-corrected chi connectivity index (χ3v) is 4.93. The second-order valence-corrected chi connectivity index (χ2v) is 6.67. The van der Waals surface area contributed by atoms with Gasteiger partial charge in [0.25, 0.3) is 0 Å². The maximum Gasteiger partial charge on any atom is 0.223 e. The van der Waals surface area contributed by atoms with Crippen LogP contribution in [0.2, 0.25) is 0 Å². The first-order chi connectivity index (χ1) is 13.2. The average Bonchev–Trinajstić information content (AvgIpc) is 2.93. The quantitative estimate of drug-likeness (QED) is 0.898. The molecular weight excluding hydrogens is 346 g/mol. The van der Waals surface area contributed by atoms with Crippen molar-refractivity contribution in [1.82, 2.24) is 5.32 Å². The highest BCUT2D eigenvalue weighted by Gasteiger charge is 2.24. The molecule has 0 saturated carbocycles. The number of carbonyl (C=O) groups is 1. The first-order valence-corrected chi connectivity index (χ1v) is 9.19. The van der Waals surface area contributed by atoms with Gasteiger partial charge in [0.15, 0.2) is 11.5 Å². The second kappa shape index (κ2) is 7.78. The molecule has 2 aliphatic heterocycles. The predicted octanol–water partition coefficient (Wildman–Crippen LogP) is 2.72. The Labute approximate surface area is 158 Å². The molecule has 4 rings (SSSR count). The third-order valence-electron chi connectivity index (χ3n) is 4.93. The fourth-order valence-corrected chi connectivity index (χ4v) is 3.48. The van der Waals surface area contributed by atoms with Gasteiger partial charge < -0.3 is 24.3 Å². The first-order valence-electron chi connectivity index (χ1n) is 9.19. The average molecular weight is 369 g/mol. The lowest BCUT2D eigenvalue weighted by atomic mass is 9.96. The molecule has 0 aliphatic carbocycles. The van der Waals surface area contributed by atoms with E-state index in [0.29, 0.717) is 56.5 Å². The van der Waals surface area contributed by atoms with Crippen LogP contribution in [0.1, 0.15) is 17.5 Å². The van der Waals surface area contributed by atoms with E-state index in [1.54, 1.807) is 7.11 Å². The monoisotopic (exact) mass is 369 g/mol. The number of amides is 1. The number of carbonyl (C=O) groups excluding carboxylic acids is 1. The fourth-order valence-electron chi connectivity index (χ4n) is 3.48. The van der Waals surface area contributed by atoms with Crippen LogP contribution in [0.3, 0.4) is 0 Å². The number of hydrogen-bond donors (Lipinski definition) is 1. The van der Waals surface area contributed by atoms with E-state index < -0.39 is 0 Å². The Morgan fingerprint density at radius 1 is 1.07 bits per heavy atom. The minimum absolute atomic E-state index is 0.0206. The van der Waals surface area contributed by atoms with Crippen LogP contribution in [-0.2, 0) is 17.8 Å². The Morgan fingerprint density at radius 2 is 1.81 bits per heavy atom. The molecule has 0 fully saturated rings. The van der Waals surface area contributed by atoms with Gasteiger partial charge in [0, 0.05) is 24.1 Å². The lowest BCUT2D eigenvalue weighted by Gasteiger charge is -2.21. The largest absolute Gasteiger partial charge is 0.496 e. The number of benzene rings is 2. The third kappa shape index (κ3) is 3.79. The van der Waals surface area contributed by atoms with Gasteiger partial charge in [-0.2, -0.15) is 0 Å². The van der Waals surface area contributed by atoms with Crippen molar-refractivity contribution in [1.29, 1.82) is 0 Å². The standard InChI is InChI=1S/C21H23NO5/c1-24-18-12-20-19(26-8-9-27-20)11-16(18)13-22-21(23)15-6-7-25-17-5-3-2-4-14(17)10-15/h2-5,11-12,15H,6-10,13H2,1H3,(H,22,23)/t15-/m0/s1. The van der Waals surface area contributed by atoms with Crippen molar-refractivity contribution in [3.63, 3.8) is 0 Å². The maximum atomic E-state index is 12.8. The topological polar surface area (TPSA) is 66.0 Å². The van der Waals surface area contributed by atoms with Crippen molar-refractivity contribution < 1.29 is 23.7 Å². The first kappa shape index (κ1) is 17.5. The molecule has 0 spiro atoms. The molecule has 1 N–H and O–H groups in total. The molecule has 2 aromatic carbocycles. The van der Waals surface area contributed by atoms with E-state index in [2.05, 4.69) is 5.32 Å². The van der Waals surface area contributed by atoms with Crippen LogP contribution >= 0.6 is 0 Å². The van der Waals surface area contributed by atoms with Crippen molar-refractivity contribution >= 4 is 5.91 Å². The number of rotatable bonds is 4. The summed E-state index contributed by atoms with van der Waals surface area (Å²) in [4.78, 5) is 12.8. The van der Waals surface area contributed by atoms with Gasteiger partial charge in [0.05, 0.1) is 13.7 Å². The molecule has 0 unspecified atom stereocenters. The molecule has 27 heavy (non-hydrogen) atoms. The molecule has 2 aromatic rings. The number of ether oxygens (including phenoxy) is 4. The van der Waals surface area contributed by atoms with Gasteiger partial charge >= 0.3 is 0 Å². The van der Waals surface area contributed by atoms with Crippen LogP contribution in [0, 0.1) is 5.92 Å². The Bertz CT molecular complexity index is 835. The lowest BCUT2D eigenvalue weighted by Crippen LogP contribution is -2.32. The predicted molar refractivity (Wildman–Crippen MR) is 99.6 cm³/mol. The number of nitrogens with one attached hydrogen (secondary N) is 1. The molecule has 6 heteroatoms. The number of fused-ring (bicyclic) bond motifs is 2. The van der Waals surface area contributed by atoms with Gasteiger partial charge in [0.2, 0.25) is 5.91 Å². The number of para-hydroxylation sites is 1. The molecular formula is C21H23NO5. The van der Waals surface area contributed by atoms with E-state index in [1.165, 1.54) is 0 Å². The Hall–Kier alpha value is -2.89. The van der Waals surface area contributed by atoms with Gasteiger partial charge in [-0.1, -0.05) is 18.2 Å². The van der Waals surface area contributed by atoms with Crippen LogP contribution in [0.4, 0.5) is 0 Å². The van der Waals surface area contributed by atoms with Crippen molar-refractivity contribution in [2.24, 2.45) is 5.92 Å². The van der Waals surface area contributed by atoms with Crippen molar-refractivity contribution in [3.8, 4) is 23.0 Å².